The van der Waals surface area contributed by atoms with Gasteiger partial charge in [-0.25, -0.2) is 0 Å². The zero-order valence-corrected chi connectivity index (χ0v) is 41.8. The number of amides is 1. The first-order valence-corrected chi connectivity index (χ1v) is 27.6. The molecule has 9 heteroatoms. The number of allylic oxidation sites excluding steroid dienone is 3. The van der Waals surface area contributed by atoms with E-state index in [1.807, 2.05) is 6.08 Å². The van der Waals surface area contributed by atoms with E-state index in [0.717, 1.165) is 44.9 Å². The number of unbranched alkanes of at least 4 members (excludes halogenated alkanes) is 35. The van der Waals surface area contributed by atoms with Gasteiger partial charge in [0.2, 0.25) is 5.91 Å². The molecule has 7 unspecified atom stereocenters. The molecule has 1 heterocycles. The zero-order valence-electron chi connectivity index (χ0n) is 41.8. The molecule has 0 spiro atoms. The Kier molecular flexibility index (Phi) is 43.1. The highest BCUT2D eigenvalue weighted by molar-refractivity contribution is 5.76. The van der Waals surface area contributed by atoms with Crippen molar-refractivity contribution >= 4 is 5.91 Å². The molecular weight excluding hydrogens is 803 g/mol. The SMILES string of the molecule is CCCCCCCC/C=C\CCCCCCCCCC(=O)NC(COC1OC(CO)C(O)C(O)C1O)C(O)/C=C/CCCCCCCCCCCCCCCCCCCCCCCC. The van der Waals surface area contributed by atoms with Crippen LogP contribution in [0.4, 0.5) is 0 Å². The molecular formula is C55H105NO8. The third-order valence-corrected chi connectivity index (χ3v) is 13.3. The topological polar surface area (TPSA) is 149 Å². The molecule has 0 bridgehead atoms. The van der Waals surface area contributed by atoms with Crippen molar-refractivity contribution in [1.82, 2.24) is 5.32 Å². The van der Waals surface area contributed by atoms with Gasteiger partial charge in [-0.15, -0.1) is 0 Å². The fourth-order valence-corrected chi connectivity index (χ4v) is 8.86. The van der Waals surface area contributed by atoms with Gasteiger partial charge in [-0.2, -0.15) is 0 Å². The first kappa shape index (κ1) is 60.7. The van der Waals surface area contributed by atoms with Crippen LogP contribution >= 0.6 is 0 Å². The van der Waals surface area contributed by atoms with Gasteiger partial charge in [-0.3, -0.25) is 4.79 Å². The van der Waals surface area contributed by atoms with Crippen LogP contribution in [-0.4, -0.2) is 87.5 Å². The van der Waals surface area contributed by atoms with Crippen molar-refractivity contribution in [2.45, 2.75) is 307 Å². The van der Waals surface area contributed by atoms with Crippen LogP contribution in [0, 0.1) is 0 Å². The molecule has 64 heavy (non-hydrogen) atoms. The lowest BCUT2D eigenvalue weighted by Gasteiger charge is -2.40. The zero-order chi connectivity index (χ0) is 46.6. The minimum atomic E-state index is -1.57. The lowest BCUT2D eigenvalue weighted by atomic mass is 9.99. The number of aliphatic hydroxyl groups excluding tert-OH is 5. The Morgan fingerprint density at radius 2 is 0.875 bits per heavy atom. The normalized spacial score (nSPS) is 20.1. The highest BCUT2D eigenvalue weighted by atomic mass is 16.7. The highest BCUT2D eigenvalue weighted by Crippen LogP contribution is 2.23. The number of carbonyl (C=O) groups is 1. The fraction of sp³-hybridized carbons (Fsp3) is 0.909. The summed E-state index contributed by atoms with van der Waals surface area (Å²) < 4.78 is 11.3. The largest absolute Gasteiger partial charge is 0.394 e. The van der Waals surface area contributed by atoms with E-state index in [-0.39, 0.29) is 12.5 Å². The van der Waals surface area contributed by atoms with Crippen LogP contribution in [0.5, 0.6) is 0 Å². The molecule has 1 fully saturated rings. The number of hydrogen-bond donors (Lipinski definition) is 6. The van der Waals surface area contributed by atoms with Gasteiger partial charge in [0, 0.05) is 6.42 Å². The molecule has 1 aliphatic rings. The van der Waals surface area contributed by atoms with Gasteiger partial charge < -0.3 is 40.3 Å². The minimum absolute atomic E-state index is 0.179. The van der Waals surface area contributed by atoms with Crippen LogP contribution in [0.1, 0.15) is 264 Å². The van der Waals surface area contributed by atoms with E-state index in [4.69, 9.17) is 9.47 Å². The number of carbonyl (C=O) groups excluding carboxylic acids is 1. The maximum Gasteiger partial charge on any atom is 0.220 e. The number of rotatable bonds is 47. The minimum Gasteiger partial charge on any atom is -0.394 e. The molecule has 6 N–H and O–H groups in total. The molecule has 1 rings (SSSR count). The van der Waals surface area contributed by atoms with E-state index in [1.165, 1.54) is 199 Å². The average Bonchev–Trinajstić information content (AvgIpc) is 3.29. The van der Waals surface area contributed by atoms with Crippen molar-refractivity contribution in [3.8, 4) is 0 Å². The summed E-state index contributed by atoms with van der Waals surface area (Å²) >= 11 is 0. The Bertz CT molecular complexity index is 1060. The van der Waals surface area contributed by atoms with Crippen LogP contribution in [0.15, 0.2) is 24.3 Å². The van der Waals surface area contributed by atoms with Crippen molar-refractivity contribution in [1.29, 1.82) is 0 Å². The summed E-state index contributed by atoms with van der Waals surface area (Å²) in [5.74, 6) is -0.179. The van der Waals surface area contributed by atoms with Gasteiger partial charge in [0.15, 0.2) is 6.29 Å². The number of ether oxygens (including phenoxy) is 2. The average molecular weight is 908 g/mol. The quantitative estimate of drug-likeness (QED) is 0.0261. The Morgan fingerprint density at radius 3 is 1.27 bits per heavy atom. The van der Waals surface area contributed by atoms with Gasteiger partial charge in [-0.1, -0.05) is 237 Å². The van der Waals surface area contributed by atoms with Crippen molar-refractivity contribution in [2.75, 3.05) is 13.2 Å². The third-order valence-electron chi connectivity index (χ3n) is 13.3. The van der Waals surface area contributed by atoms with E-state index in [9.17, 15) is 30.3 Å². The molecule has 7 atom stereocenters. The summed E-state index contributed by atoms with van der Waals surface area (Å²) in [6, 6.07) is -0.805. The van der Waals surface area contributed by atoms with E-state index >= 15 is 0 Å². The molecule has 0 saturated carbocycles. The highest BCUT2D eigenvalue weighted by Gasteiger charge is 2.44. The Hall–Kier alpha value is -1.33. The van der Waals surface area contributed by atoms with Crippen molar-refractivity contribution in [3.63, 3.8) is 0 Å². The van der Waals surface area contributed by atoms with Crippen molar-refractivity contribution in [3.05, 3.63) is 24.3 Å². The molecule has 9 nitrogen and oxygen atoms in total. The van der Waals surface area contributed by atoms with Crippen LogP contribution in [0.3, 0.4) is 0 Å². The van der Waals surface area contributed by atoms with Gasteiger partial charge in [0.25, 0.3) is 0 Å². The summed E-state index contributed by atoms with van der Waals surface area (Å²) in [4.78, 5) is 13.0. The van der Waals surface area contributed by atoms with Gasteiger partial charge in [-0.05, 0) is 44.9 Å². The Balaban J connectivity index is 2.25. The summed E-state index contributed by atoms with van der Waals surface area (Å²) in [6.45, 7) is 3.80. The molecule has 0 aliphatic carbocycles. The van der Waals surface area contributed by atoms with Crippen LogP contribution in [0.2, 0.25) is 0 Å². The third kappa shape index (κ3) is 34.9. The first-order chi connectivity index (χ1) is 31.3. The lowest BCUT2D eigenvalue weighted by Crippen LogP contribution is -2.60. The fourth-order valence-electron chi connectivity index (χ4n) is 8.86. The number of hydrogen-bond acceptors (Lipinski definition) is 8. The second-order valence-corrected chi connectivity index (χ2v) is 19.4. The molecule has 1 aliphatic heterocycles. The van der Waals surface area contributed by atoms with Crippen LogP contribution in [0.25, 0.3) is 0 Å². The Morgan fingerprint density at radius 1 is 0.516 bits per heavy atom. The summed E-state index contributed by atoms with van der Waals surface area (Å²) in [6.07, 6.45) is 49.5. The summed E-state index contributed by atoms with van der Waals surface area (Å²) in [7, 11) is 0. The van der Waals surface area contributed by atoms with Crippen molar-refractivity contribution in [2.24, 2.45) is 0 Å². The van der Waals surface area contributed by atoms with Crippen LogP contribution < -0.4 is 5.32 Å². The second kappa shape index (κ2) is 45.5. The van der Waals surface area contributed by atoms with Gasteiger partial charge >= 0.3 is 0 Å². The second-order valence-electron chi connectivity index (χ2n) is 19.4. The standard InChI is InChI=1S/C55H105NO8/c1-3-5-7-9-11-13-15-17-19-21-22-23-24-25-26-27-29-30-32-34-36-38-40-42-44-49(58)48(47-63-55-54(62)53(61)52(60)50(46-57)64-55)56-51(59)45-43-41-39-37-35-33-31-28-20-18-16-14-12-10-8-6-4-2/h18,20,42,44,48-50,52-55,57-58,60-62H,3-17,19,21-41,43,45-47H2,1-2H3,(H,56,59)/b20-18-,44-42+. The van der Waals surface area contributed by atoms with Gasteiger partial charge in [0.05, 0.1) is 25.4 Å². The van der Waals surface area contributed by atoms with Crippen LogP contribution in [-0.2, 0) is 14.3 Å². The van der Waals surface area contributed by atoms with E-state index in [2.05, 4.69) is 31.3 Å². The molecule has 1 amide bonds. The molecule has 0 aromatic carbocycles. The molecule has 1 saturated heterocycles. The van der Waals surface area contributed by atoms with E-state index < -0.39 is 49.5 Å². The molecule has 0 aromatic heterocycles. The van der Waals surface area contributed by atoms with Gasteiger partial charge in [0.1, 0.15) is 24.4 Å². The monoisotopic (exact) mass is 908 g/mol. The first-order valence-electron chi connectivity index (χ1n) is 27.6. The number of nitrogens with one attached hydrogen (secondary N) is 1. The predicted molar refractivity (Wildman–Crippen MR) is 267 cm³/mol. The van der Waals surface area contributed by atoms with E-state index in [1.54, 1.807) is 6.08 Å². The molecule has 378 valence electrons. The maximum atomic E-state index is 13.0. The molecule has 0 radical (unpaired) electrons. The number of aliphatic hydroxyl groups is 5. The predicted octanol–water partition coefficient (Wildman–Crippen LogP) is 13.0. The van der Waals surface area contributed by atoms with E-state index in [0.29, 0.717) is 6.42 Å². The Labute approximate surface area is 394 Å². The smallest absolute Gasteiger partial charge is 0.220 e. The lowest BCUT2D eigenvalue weighted by molar-refractivity contribution is -0.302. The van der Waals surface area contributed by atoms with Crippen molar-refractivity contribution < 1.29 is 39.8 Å². The summed E-state index contributed by atoms with van der Waals surface area (Å²) in [5.41, 5.74) is 0. The summed E-state index contributed by atoms with van der Waals surface area (Å²) in [5, 5.41) is 54.4. The maximum absolute atomic E-state index is 13.0. The molecule has 0 aromatic rings.